The fourth-order valence-electron chi connectivity index (χ4n) is 1.43. The Hall–Kier alpha value is -1.98. The minimum Gasteiger partial charge on any atom is -0.485 e. The van der Waals surface area contributed by atoms with Crippen LogP contribution in [0.15, 0.2) is 18.2 Å². The van der Waals surface area contributed by atoms with Crippen LogP contribution in [0.3, 0.4) is 0 Å². The third-order valence-corrected chi connectivity index (χ3v) is 2.31. The largest absolute Gasteiger partial charge is 0.485 e. The van der Waals surface area contributed by atoms with Gasteiger partial charge in [-0.3, -0.25) is 10.1 Å². The molecule has 18 heavy (non-hydrogen) atoms. The smallest absolute Gasteiger partial charge is 0.314 e. The lowest BCUT2D eigenvalue weighted by molar-refractivity contribution is -0.386. The van der Waals surface area contributed by atoms with Gasteiger partial charge in [-0.25, -0.2) is 4.39 Å². The quantitative estimate of drug-likeness (QED) is 0.426. The zero-order valence-corrected chi connectivity index (χ0v) is 10.0. The number of nitro groups is 1. The lowest BCUT2D eigenvalue weighted by Gasteiger charge is -2.07. The summed E-state index contributed by atoms with van der Waals surface area (Å²) >= 11 is 0. The summed E-state index contributed by atoms with van der Waals surface area (Å²) < 4.78 is 18.4. The van der Waals surface area contributed by atoms with Crippen molar-refractivity contribution in [3.05, 3.63) is 34.1 Å². The number of carbonyl (C=O) groups excluding carboxylic acids is 1. The minimum atomic E-state index is -0.754. The van der Waals surface area contributed by atoms with Crippen LogP contribution in [0.4, 0.5) is 10.1 Å². The average Bonchev–Trinajstić information content (AvgIpc) is 2.29. The van der Waals surface area contributed by atoms with Crippen molar-refractivity contribution in [3.63, 3.8) is 0 Å². The first-order chi connectivity index (χ1) is 8.52. The summed E-state index contributed by atoms with van der Waals surface area (Å²) in [5.41, 5.74) is -0.387. The van der Waals surface area contributed by atoms with Crippen LogP contribution in [-0.2, 0) is 4.79 Å². The predicted octanol–water partition coefficient (Wildman–Crippen LogP) is 2.87. The number of hydrogen-bond donors (Lipinski definition) is 0. The summed E-state index contributed by atoms with van der Waals surface area (Å²) in [6.45, 7) is 1.64. The van der Waals surface area contributed by atoms with E-state index in [1.807, 2.05) is 0 Å². The number of carbonyl (C=O) groups is 1. The second kappa shape index (κ2) is 6.68. The summed E-state index contributed by atoms with van der Waals surface area (Å²) in [6.07, 6.45) is 1.60. The van der Waals surface area contributed by atoms with Gasteiger partial charge in [-0.15, -0.1) is 0 Å². The second-order valence-electron chi connectivity index (χ2n) is 3.85. The molecule has 5 nitrogen and oxygen atoms in total. The predicted molar refractivity (Wildman–Crippen MR) is 63.1 cm³/mol. The van der Waals surface area contributed by atoms with E-state index >= 15 is 0 Å². The third-order valence-electron chi connectivity index (χ3n) is 2.31. The molecular weight excluding hydrogens is 241 g/mol. The molecule has 0 aliphatic rings. The van der Waals surface area contributed by atoms with Crippen LogP contribution in [0.5, 0.6) is 5.75 Å². The van der Waals surface area contributed by atoms with Gasteiger partial charge in [0.15, 0.2) is 5.82 Å². The highest BCUT2D eigenvalue weighted by Crippen LogP contribution is 2.29. The van der Waals surface area contributed by atoms with E-state index in [4.69, 9.17) is 4.74 Å². The highest BCUT2D eigenvalue weighted by atomic mass is 19.1. The van der Waals surface area contributed by atoms with Crippen molar-refractivity contribution in [1.82, 2.24) is 0 Å². The molecule has 0 spiro atoms. The molecule has 0 atom stereocenters. The molecular formula is C12H14FNO4. The molecule has 0 radical (unpaired) electrons. The molecule has 0 fully saturated rings. The maximum absolute atomic E-state index is 13.4. The Morgan fingerprint density at radius 1 is 1.44 bits per heavy atom. The molecule has 98 valence electrons. The number of ether oxygens (including phenoxy) is 1. The number of halogens is 1. The standard InChI is InChI=1S/C12H14FNO4/c1-9(15)5-2-3-8-18-12-10(13)6-4-7-11(12)14(16)17/h4,6-7H,2-3,5,8H2,1H3. The van der Waals surface area contributed by atoms with E-state index in [9.17, 15) is 19.3 Å². The fourth-order valence-corrected chi connectivity index (χ4v) is 1.43. The molecule has 0 aliphatic carbocycles. The van der Waals surface area contributed by atoms with E-state index in [1.54, 1.807) is 0 Å². The van der Waals surface area contributed by atoms with Crippen molar-refractivity contribution < 1.29 is 18.8 Å². The molecule has 0 saturated carbocycles. The summed E-state index contributed by atoms with van der Waals surface area (Å²) in [4.78, 5) is 20.7. The van der Waals surface area contributed by atoms with Crippen molar-refractivity contribution in [3.8, 4) is 5.75 Å². The number of hydrogen-bond acceptors (Lipinski definition) is 4. The number of unbranched alkanes of at least 4 members (excludes halogenated alkanes) is 1. The minimum absolute atomic E-state index is 0.0758. The molecule has 0 bridgehead atoms. The average molecular weight is 255 g/mol. The van der Waals surface area contributed by atoms with Crippen LogP contribution in [0.25, 0.3) is 0 Å². The lowest BCUT2D eigenvalue weighted by atomic mass is 10.2. The van der Waals surface area contributed by atoms with Crippen LogP contribution in [0.2, 0.25) is 0 Å². The summed E-state index contributed by atoms with van der Waals surface area (Å²) in [5, 5.41) is 10.7. The summed E-state index contributed by atoms with van der Waals surface area (Å²) in [7, 11) is 0. The van der Waals surface area contributed by atoms with E-state index < -0.39 is 10.7 Å². The van der Waals surface area contributed by atoms with Gasteiger partial charge < -0.3 is 9.53 Å². The third kappa shape index (κ3) is 4.12. The molecule has 0 amide bonds. The van der Waals surface area contributed by atoms with Gasteiger partial charge in [0, 0.05) is 12.5 Å². The number of nitro benzene ring substituents is 1. The Balaban J connectivity index is 2.56. The van der Waals surface area contributed by atoms with Crippen molar-refractivity contribution >= 4 is 11.5 Å². The summed E-state index contributed by atoms with van der Waals surface area (Å²) in [5.74, 6) is -1.02. The normalized spacial score (nSPS) is 10.1. The molecule has 6 heteroatoms. The maximum atomic E-state index is 13.4. The van der Waals surface area contributed by atoms with E-state index in [0.717, 1.165) is 6.07 Å². The molecule has 0 aromatic heterocycles. The Morgan fingerprint density at radius 3 is 2.78 bits per heavy atom. The zero-order chi connectivity index (χ0) is 13.5. The molecule has 1 rings (SSSR count). The topological polar surface area (TPSA) is 69.4 Å². The van der Waals surface area contributed by atoms with Gasteiger partial charge in [0.25, 0.3) is 0 Å². The molecule has 0 saturated heterocycles. The maximum Gasteiger partial charge on any atom is 0.314 e. The van der Waals surface area contributed by atoms with Gasteiger partial charge in [0.05, 0.1) is 11.5 Å². The highest BCUT2D eigenvalue weighted by molar-refractivity contribution is 5.75. The van der Waals surface area contributed by atoms with Crippen molar-refractivity contribution in [2.45, 2.75) is 26.2 Å². The van der Waals surface area contributed by atoms with Gasteiger partial charge in [0.2, 0.25) is 5.75 Å². The monoisotopic (exact) mass is 255 g/mol. The fraction of sp³-hybridized carbons (Fsp3) is 0.417. The van der Waals surface area contributed by atoms with Crippen LogP contribution in [0, 0.1) is 15.9 Å². The van der Waals surface area contributed by atoms with Gasteiger partial charge in [-0.1, -0.05) is 6.07 Å². The van der Waals surface area contributed by atoms with Gasteiger partial charge in [-0.05, 0) is 25.8 Å². The summed E-state index contributed by atoms with van der Waals surface area (Å²) in [6, 6.07) is 3.56. The van der Waals surface area contributed by atoms with Crippen LogP contribution < -0.4 is 4.74 Å². The van der Waals surface area contributed by atoms with E-state index in [2.05, 4.69) is 0 Å². The Kier molecular flexibility index (Phi) is 5.23. The second-order valence-corrected chi connectivity index (χ2v) is 3.85. The Labute approximate surface area is 104 Å². The molecule has 0 N–H and O–H groups in total. The number of nitrogens with zero attached hydrogens (tertiary/aromatic N) is 1. The van der Waals surface area contributed by atoms with Crippen molar-refractivity contribution in [2.75, 3.05) is 6.61 Å². The number of ketones is 1. The van der Waals surface area contributed by atoms with E-state index in [-0.39, 0.29) is 23.8 Å². The molecule has 1 aromatic carbocycles. The number of Topliss-reactive ketones (excluding diaryl/α,β-unsaturated/α-hetero) is 1. The van der Waals surface area contributed by atoms with Gasteiger partial charge >= 0.3 is 5.69 Å². The van der Waals surface area contributed by atoms with Crippen LogP contribution >= 0.6 is 0 Å². The Bertz CT molecular complexity index is 448. The zero-order valence-electron chi connectivity index (χ0n) is 10.0. The SMILES string of the molecule is CC(=O)CCCCOc1c(F)cccc1[N+](=O)[O-]. The highest BCUT2D eigenvalue weighted by Gasteiger charge is 2.18. The van der Waals surface area contributed by atoms with E-state index in [0.29, 0.717) is 19.3 Å². The van der Waals surface area contributed by atoms with E-state index in [1.165, 1.54) is 19.1 Å². The molecule has 0 heterocycles. The molecule has 0 unspecified atom stereocenters. The van der Waals surface area contributed by atoms with Crippen molar-refractivity contribution in [2.24, 2.45) is 0 Å². The first kappa shape index (κ1) is 14.1. The first-order valence-electron chi connectivity index (χ1n) is 5.57. The van der Waals surface area contributed by atoms with Crippen molar-refractivity contribution in [1.29, 1.82) is 0 Å². The van der Waals surface area contributed by atoms with Crippen LogP contribution in [-0.4, -0.2) is 17.3 Å². The van der Waals surface area contributed by atoms with Gasteiger partial charge in [-0.2, -0.15) is 0 Å². The molecule has 1 aromatic rings. The Morgan fingerprint density at radius 2 is 2.17 bits per heavy atom. The first-order valence-corrected chi connectivity index (χ1v) is 5.57. The number of para-hydroxylation sites is 1. The number of rotatable bonds is 7. The van der Waals surface area contributed by atoms with Gasteiger partial charge in [0.1, 0.15) is 5.78 Å². The number of benzene rings is 1. The lowest BCUT2D eigenvalue weighted by Crippen LogP contribution is -2.03. The molecule has 0 aliphatic heterocycles. The van der Waals surface area contributed by atoms with Crippen LogP contribution in [0.1, 0.15) is 26.2 Å².